The average Bonchev–Trinajstić information content (AvgIpc) is 2.89. The van der Waals surface area contributed by atoms with Gasteiger partial charge in [0.25, 0.3) is 0 Å². The monoisotopic (exact) mass is 276 g/mol. The fourth-order valence-corrected chi connectivity index (χ4v) is 3.69. The Morgan fingerprint density at radius 2 is 1.70 bits per heavy atom. The number of fused-ring (bicyclic) bond motifs is 3. The Morgan fingerprint density at radius 3 is 2.55 bits per heavy atom. The molecule has 96 valence electrons. The van der Waals surface area contributed by atoms with Crippen LogP contribution >= 0.6 is 11.3 Å². The van der Waals surface area contributed by atoms with Crippen LogP contribution in [0.3, 0.4) is 0 Å². The van der Waals surface area contributed by atoms with Crippen molar-refractivity contribution in [3.8, 4) is 11.1 Å². The third-order valence-electron chi connectivity index (χ3n) is 3.61. The number of hydrogen-bond acceptors (Lipinski definition) is 1. The Morgan fingerprint density at radius 1 is 0.900 bits per heavy atom. The van der Waals surface area contributed by atoms with Crippen LogP contribution in [0.15, 0.2) is 66.7 Å². The first kappa shape index (κ1) is 9.73. The van der Waals surface area contributed by atoms with E-state index in [2.05, 4.69) is 25.1 Å². The van der Waals surface area contributed by atoms with E-state index in [0.717, 1.165) is 36.9 Å². The standard InChI is InChI=1S/C19H14S/c1-13-11-17-15-9-5-6-10-18(15)20-19(17)12-16(13)14-7-3-2-4-8-14/h2-12H,1H3/i10D,12D. The van der Waals surface area contributed by atoms with Crippen LogP contribution in [0, 0.1) is 6.92 Å². The lowest BCUT2D eigenvalue weighted by Gasteiger charge is -2.06. The van der Waals surface area contributed by atoms with Crippen LogP contribution in [0.1, 0.15) is 8.30 Å². The Kier molecular flexibility index (Phi) is 2.17. The van der Waals surface area contributed by atoms with Crippen LogP contribution in [0.5, 0.6) is 0 Å². The quantitative estimate of drug-likeness (QED) is 0.398. The molecule has 0 amide bonds. The summed E-state index contributed by atoms with van der Waals surface area (Å²) in [6.45, 7) is 2.06. The molecule has 0 fully saturated rings. The number of rotatable bonds is 1. The highest BCUT2D eigenvalue weighted by Gasteiger charge is 2.08. The Labute approximate surface area is 125 Å². The molecule has 4 aromatic rings. The molecular formula is C19H14S. The van der Waals surface area contributed by atoms with Gasteiger partial charge in [0.15, 0.2) is 0 Å². The summed E-state index contributed by atoms with van der Waals surface area (Å²) in [5.74, 6) is 0. The molecule has 0 atom stereocenters. The minimum Gasteiger partial charge on any atom is -0.135 e. The van der Waals surface area contributed by atoms with Crippen molar-refractivity contribution in [1.29, 1.82) is 0 Å². The molecule has 0 nitrogen and oxygen atoms in total. The van der Waals surface area contributed by atoms with E-state index in [1.807, 2.05) is 36.4 Å². The normalized spacial score (nSPS) is 12.7. The van der Waals surface area contributed by atoms with Crippen molar-refractivity contribution in [3.05, 3.63) is 72.2 Å². The zero-order valence-corrected chi connectivity index (χ0v) is 11.9. The van der Waals surface area contributed by atoms with Gasteiger partial charge in [-0.2, -0.15) is 0 Å². The molecule has 0 N–H and O–H groups in total. The molecule has 3 aromatic carbocycles. The fraction of sp³-hybridized carbons (Fsp3) is 0.0526. The van der Waals surface area contributed by atoms with Gasteiger partial charge >= 0.3 is 0 Å². The minimum atomic E-state index is 0.539. The van der Waals surface area contributed by atoms with Crippen LogP contribution < -0.4 is 0 Å². The van der Waals surface area contributed by atoms with Crippen molar-refractivity contribution >= 4 is 31.5 Å². The summed E-state index contributed by atoms with van der Waals surface area (Å²) in [4.78, 5) is 0. The highest BCUT2D eigenvalue weighted by Crippen LogP contribution is 2.37. The van der Waals surface area contributed by atoms with Gasteiger partial charge in [0.05, 0.1) is 2.74 Å². The zero-order chi connectivity index (χ0) is 15.3. The Hall–Kier alpha value is -2.12. The molecule has 0 unspecified atom stereocenters. The maximum atomic E-state index is 8.67. The lowest BCUT2D eigenvalue weighted by molar-refractivity contribution is 1.49. The van der Waals surface area contributed by atoms with E-state index in [-0.39, 0.29) is 0 Å². The van der Waals surface area contributed by atoms with E-state index in [1.165, 1.54) is 0 Å². The summed E-state index contributed by atoms with van der Waals surface area (Å²) >= 11 is 1.56. The molecule has 0 saturated heterocycles. The molecule has 0 bridgehead atoms. The molecule has 0 spiro atoms. The van der Waals surface area contributed by atoms with Crippen LogP contribution in [0.4, 0.5) is 0 Å². The maximum absolute atomic E-state index is 8.67. The van der Waals surface area contributed by atoms with E-state index >= 15 is 0 Å². The second kappa shape index (κ2) is 4.46. The van der Waals surface area contributed by atoms with Crippen LogP contribution in [-0.2, 0) is 0 Å². The third kappa shape index (κ3) is 1.75. The summed E-state index contributed by atoms with van der Waals surface area (Å²) < 4.78 is 18.7. The van der Waals surface area contributed by atoms with Gasteiger partial charge in [-0.15, -0.1) is 11.3 Å². The number of aryl methyl sites for hydroxylation is 1. The average molecular weight is 276 g/mol. The summed E-state index contributed by atoms with van der Waals surface area (Å²) in [6, 6.07) is 19.2. The van der Waals surface area contributed by atoms with Gasteiger partial charge in [-0.25, -0.2) is 0 Å². The number of hydrogen-bond donors (Lipinski definition) is 0. The van der Waals surface area contributed by atoms with Crippen molar-refractivity contribution in [3.63, 3.8) is 0 Å². The van der Waals surface area contributed by atoms with Crippen LogP contribution in [-0.4, -0.2) is 0 Å². The van der Waals surface area contributed by atoms with Gasteiger partial charge in [-0.1, -0.05) is 48.5 Å². The summed E-state index contributed by atoms with van der Waals surface area (Å²) in [5, 5.41) is 2.18. The van der Waals surface area contributed by atoms with Crippen molar-refractivity contribution in [1.82, 2.24) is 0 Å². The van der Waals surface area contributed by atoms with Crippen molar-refractivity contribution < 1.29 is 2.74 Å². The first-order chi connectivity index (χ1) is 10.7. The molecule has 1 heterocycles. The zero-order valence-electron chi connectivity index (χ0n) is 13.1. The molecule has 20 heavy (non-hydrogen) atoms. The molecule has 1 heteroatoms. The van der Waals surface area contributed by atoms with Crippen LogP contribution in [0.25, 0.3) is 31.3 Å². The van der Waals surface area contributed by atoms with Crippen molar-refractivity contribution in [2.45, 2.75) is 6.92 Å². The maximum Gasteiger partial charge on any atom is 0.0645 e. The van der Waals surface area contributed by atoms with Gasteiger partial charge in [0.1, 0.15) is 0 Å². The van der Waals surface area contributed by atoms with Crippen LogP contribution in [0.2, 0.25) is 0 Å². The number of benzene rings is 3. The highest BCUT2D eigenvalue weighted by atomic mass is 32.1. The van der Waals surface area contributed by atoms with E-state index < -0.39 is 0 Å². The SMILES string of the molecule is [2H]c1cccc2c1sc1c([2H])c(-c3ccccc3)c(C)cc12. The van der Waals surface area contributed by atoms with Gasteiger partial charge in [0, 0.05) is 20.2 Å². The van der Waals surface area contributed by atoms with E-state index in [1.54, 1.807) is 11.3 Å². The summed E-state index contributed by atoms with van der Waals surface area (Å²) in [5.41, 5.74) is 3.18. The van der Waals surface area contributed by atoms with Gasteiger partial charge < -0.3 is 0 Å². The molecule has 0 aliphatic heterocycles. The van der Waals surface area contributed by atoms with Gasteiger partial charge in [0.2, 0.25) is 0 Å². The van der Waals surface area contributed by atoms with Crippen molar-refractivity contribution in [2.24, 2.45) is 0 Å². The third-order valence-corrected chi connectivity index (χ3v) is 4.68. The van der Waals surface area contributed by atoms with Crippen molar-refractivity contribution in [2.75, 3.05) is 0 Å². The predicted octanol–water partition coefficient (Wildman–Crippen LogP) is 6.03. The van der Waals surface area contributed by atoms with E-state index in [0.29, 0.717) is 12.1 Å². The second-order valence-electron chi connectivity index (χ2n) is 4.95. The molecule has 1 aromatic heterocycles. The van der Waals surface area contributed by atoms with Gasteiger partial charge in [-0.05, 0) is 41.8 Å². The smallest absolute Gasteiger partial charge is 0.0645 e. The molecule has 0 aliphatic carbocycles. The lowest BCUT2D eigenvalue weighted by atomic mass is 9.98. The van der Waals surface area contributed by atoms with E-state index in [4.69, 9.17) is 2.74 Å². The topological polar surface area (TPSA) is 0 Å². The first-order valence-corrected chi connectivity index (χ1v) is 7.46. The molecule has 0 saturated carbocycles. The second-order valence-corrected chi connectivity index (χ2v) is 5.97. The first-order valence-electron chi connectivity index (χ1n) is 7.64. The minimum absolute atomic E-state index is 0.539. The Balaban J connectivity index is 2.14. The number of thiophene rings is 1. The highest BCUT2D eigenvalue weighted by molar-refractivity contribution is 7.25. The van der Waals surface area contributed by atoms with Gasteiger partial charge in [-0.3, -0.25) is 0 Å². The molecule has 0 radical (unpaired) electrons. The summed E-state index contributed by atoms with van der Waals surface area (Å²) in [6.07, 6.45) is 0. The lowest BCUT2D eigenvalue weighted by Crippen LogP contribution is -1.82. The fourth-order valence-electron chi connectivity index (χ4n) is 2.64. The largest absolute Gasteiger partial charge is 0.135 e. The predicted molar refractivity (Wildman–Crippen MR) is 89.5 cm³/mol. The van der Waals surface area contributed by atoms with E-state index in [9.17, 15) is 0 Å². The summed E-state index contributed by atoms with van der Waals surface area (Å²) in [7, 11) is 0. The molecule has 4 rings (SSSR count). The molecular weight excluding hydrogens is 260 g/mol. The Bertz CT molecular complexity index is 1000. The molecule has 0 aliphatic rings.